The van der Waals surface area contributed by atoms with Crippen LogP contribution in [0.2, 0.25) is 0 Å². The zero-order valence-electron chi connectivity index (χ0n) is 13.0. The van der Waals surface area contributed by atoms with Gasteiger partial charge in [0, 0.05) is 10.0 Å². The summed E-state index contributed by atoms with van der Waals surface area (Å²) in [5.74, 6) is 1.18. The number of H-pyrrole nitrogens is 1. The number of hydrogen-bond acceptors (Lipinski definition) is 4. The summed E-state index contributed by atoms with van der Waals surface area (Å²) in [6.45, 7) is 4.26. The van der Waals surface area contributed by atoms with E-state index in [-0.39, 0.29) is 30.8 Å². The second-order valence-corrected chi connectivity index (χ2v) is 6.16. The summed E-state index contributed by atoms with van der Waals surface area (Å²) in [5.41, 5.74) is 6.79. The number of aromatic nitrogens is 3. The normalized spacial score (nSPS) is 13.0. The van der Waals surface area contributed by atoms with Crippen molar-refractivity contribution in [2.24, 2.45) is 11.7 Å². The molecule has 6 nitrogen and oxygen atoms in total. The van der Waals surface area contributed by atoms with Crippen LogP contribution in [0.15, 0.2) is 28.7 Å². The first-order valence-corrected chi connectivity index (χ1v) is 8.01. The van der Waals surface area contributed by atoms with Crippen molar-refractivity contribution < 1.29 is 4.79 Å². The van der Waals surface area contributed by atoms with Crippen LogP contribution in [0.4, 0.5) is 0 Å². The Morgan fingerprint density at radius 3 is 2.65 bits per heavy atom. The van der Waals surface area contributed by atoms with Gasteiger partial charge in [-0.15, -0.1) is 12.4 Å². The zero-order chi connectivity index (χ0) is 16.1. The first kappa shape index (κ1) is 19.6. The molecule has 4 N–H and O–H groups in total. The summed E-state index contributed by atoms with van der Waals surface area (Å²) in [5, 5.41) is 9.77. The lowest BCUT2D eigenvalue weighted by molar-refractivity contribution is -0.123. The maximum atomic E-state index is 11.9. The van der Waals surface area contributed by atoms with Crippen molar-refractivity contribution in [3.05, 3.63) is 34.6 Å². The monoisotopic (exact) mass is 401 g/mol. The minimum Gasteiger partial charge on any atom is -0.347 e. The van der Waals surface area contributed by atoms with Gasteiger partial charge < -0.3 is 11.1 Å². The SMILES string of the molecule is CCC(C)C(N)C(=O)NCc1nc(-c2ccc(Br)cc2)n[nH]1.Cl. The molecule has 126 valence electrons. The van der Waals surface area contributed by atoms with Gasteiger partial charge in [-0.2, -0.15) is 5.10 Å². The Morgan fingerprint density at radius 1 is 1.39 bits per heavy atom. The molecule has 0 aliphatic rings. The highest BCUT2D eigenvalue weighted by molar-refractivity contribution is 9.10. The van der Waals surface area contributed by atoms with Gasteiger partial charge in [0.05, 0.1) is 12.6 Å². The van der Waals surface area contributed by atoms with Crippen molar-refractivity contribution >= 4 is 34.2 Å². The molecule has 1 aromatic heterocycles. The molecule has 0 fully saturated rings. The summed E-state index contributed by atoms with van der Waals surface area (Å²) >= 11 is 3.39. The Bertz CT molecular complexity index is 631. The van der Waals surface area contributed by atoms with Crippen LogP contribution >= 0.6 is 28.3 Å². The van der Waals surface area contributed by atoms with E-state index in [1.54, 1.807) is 0 Å². The average Bonchev–Trinajstić information content (AvgIpc) is 3.00. The van der Waals surface area contributed by atoms with Gasteiger partial charge in [0.1, 0.15) is 5.82 Å². The molecule has 2 unspecified atom stereocenters. The number of hydrogen-bond donors (Lipinski definition) is 3. The first-order chi connectivity index (χ1) is 10.5. The van der Waals surface area contributed by atoms with Crippen LogP contribution < -0.4 is 11.1 Å². The lowest BCUT2D eigenvalue weighted by Crippen LogP contribution is -2.44. The Hall–Kier alpha value is -1.44. The maximum Gasteiger partial charge on any atom is 0.237 e. The van der Waals surface area contributed by atoms with E-state index in [9.17, 15) is 4.79 Å². The predicted octanol–water partition coefficient (Wildman–Crippen LogP) is 2.65. The fourth-order valence-corrected chi connectivity index (χ4v) is 2.17. The van der Waals surface area contributed by atoms with E-state index < -0.39 is 6.04 Å². The molecule has 23 heavy (non-hydrogen) atoms. The number of amides is 1. The first-order valence-electron chi connectivity index (χ1n) is 7.21. The van der Waals surface area contributed by atoms with Crippen molar-refractivity contribution in [3.63, 3.8) is 0 Å². The lowest BCUT2D eigenvalue weighted by Gasteiger charge is -2.17. The van der Waals surface area contributed by atoms with Crippen molar-refractivity contribution in [1.29, 1.82) is 0 Å². The smallest absolute Gasteiger partial charge is 0.237 e. The highest BCUT2D eigenvalue weighted by Crippen LogP contribution is 2.18. The number of rotatable bonds is 6. The van der Waals surface area contributed by atoms with Crippen LogP contribution in [-0.2, 0) is 11.3 Å². The molecule has 1 amide bonds. The van der Waals surface area contributed by atoms with E-state index in [0.29, 0.717) is 11.6 Å². The van der Waals surface area contributed by atoms with Crippen molar-refractivity contribution in [2.75, 3.05) is 0 Å². The molecule has 0 saturated heterocycles. The molecular formula is C15H21BrClN5O. The standard InChI is InChI=1S/C15H20BrN5O.ClH/c1-3-9(2)13(17)15(22)18-8-12-19-14(21-20-12)10-4-6-11(16)7-5-10;/h4-7,9,13H,3,8,17H2,1-2H3,(H,18,22)(H,19,20,21);1H. The van der Waals surface area contributed by atoms with Gasteiger partial charge >= 0.3 is 0 Å². The fourth-order valence-electron chi connectivity index (χ4n) is 1.90. The van der Waals surface area contributed by atoms with E-state index in [0.717, 1.165) is 16.5 Å². The number of nitrogens with two attached hydrogens (primary N) is 1. The molecule has 0 radical (unpaired) electrons. The third-order valence-electron chi connectivity index (χ3n) is 3.62. The van der Waals surface area contributed by atoms with E-state index in [1.807, 2.05) is 38.1 Å². The van der Waals surface area contributed by atoms with Crippen LogP contribution in [0.5, 0.6) is 0 Å². The van der Waals surface area contributed by atoms with Crippen LogP contribution in [0.25, 0.3) is 11.4 Å². The Labute approximate surface area is 150 Å². The largest absolute Gasteiger partial charge is 0.347 e. The quantitative estimate of drug-likeness (QED) is 0.692. The molecule has 0 aliphatic heterocycles. The summed E-state index contributed by atoms with van der Waals surface area (Å²) in [6, 6.07) is 7.21. The molecule has 0 saturated carbocycles. The molecule has 1 heterocycles. The predicted molar refractivity (Wildman–Crippen MR) is 96.0 cm³/mol. The highest BCUT2D eigenvalue weighted by atomic mass is 79.9. The fraction of sp³-hybridized carbons (Fsp3) is 0.400. The Kier molecular flexibility index (Phi) is 7.67. The van der Waals surface area contributed by atoms with Crippen LogP contribution in [0.3, 0.4) is 0 Å². The number of nitrogens with one attached hydrogen (secondary N) is 2. The summed E-state index contributed by atoms with van der Waals surface area (Å²) in [7, 11) is 0. The molecule has 1 aromatic carbocycles. The molecule has 8 heteroatoms. The second kappa shape index (κ2) is 9.00. The minimum atomic E-state index is -0.501. The molecule has 0 aliphatic carbocycles. The van der Waals surface area contributed by atoms with Gasteiger partial charge in [-0.1, -0.05) is 48.3 Å². The third-order valence-corrected chi connectivity index (χ3v) is 4.15. The van der Waals surface area contributed by atoms with Gasteiger partial charge in [0.15, 0.2) is 5.82 Å². The van der Waals surface area contributed by atoms with Crippen LogP contribution in [0, 0.1) is 5.92 Å². The van der Waals surface area contributed by atoms with Crippen LogP contribution in [-0.4, -0.2) is 27.1 Å². The summed E-state index contributed by atoms with van der Waals surface area (Å²) in [6.07, 6.45) is 0.866. The van der Waals surface area contributed by atoms with E-state index in [1.165, 1.54) is 0 Å². The number of carbonyl (C=O) groups excluding carboxylic acids is 1. The van der Waals surface area contributed by atoms with E-state index >= 15 is 0 Å². The molecule has 0 spiro atoms. The number of nitrogens with zero attached hydrogens (tertiary/aromatic N) is 2. The molecular weight excluding hydrogens is 382 g/mol. The van der Waals surface area contributed by atoms with Gasteiger partial charge in [0.25, 0.3) is 0 Å². The Balaban J connectivity index is 0.00000264. The topological polar surface area (TPSA) is 96.7 Å². The van der Waals surface area contributed by atoms with Crippen molar-refractivity contribution in [3.8, 4) is 11.4 Å². The number of benzene rings is 1. The van der Waals surface area contributed by atoms with E-state index in [2.05, 4.69) is 36.4 Å². The zero-order valence-corrected chi connectivity index (χ0v) is 15.4. The molecule has 0 bridgehead atoms. The lowest BCUT2D eigenvalue weighted by atomic mass is 9.99. The number of aromatic amines is 1. The minimum absolute atomic E-state index is 0. The van der Waals surface area contributed by atoms with Crippen molar-refractivity contribution in [2.45, 2.75) is 32.9 Å². The number of carbonyl (C=O) groups is 1. The molecule has 2 aromatic rings. The third kappa shape index (κ3) is 5.30. The van der Waals surface area contributed by atoms with E-state index in [4.69, 9.17) is 5.73 Å². The van der Waals surface area contributed by atoms with Gasteiger partial charge in [0.2, 0.25) is 5.91 Å². The van der Waals surface area contributed by atoms with Gasteiger partial charge in [-0.25, -0.2) is 4.98 Å². The highest BCUT2D eigenvalue weighted by Gasteiger charge is 2.19. The van der Waals surface area contributed by atoms with Crippen LogP contribution in [0.1, 0.15) is 26.1 Å². The second-order valence-electron chi connectivity index (χ2n) is 5.24. The molecule has 2 rings (SSSR count). The average molecular weight is 403 g/mol. The summed E-state index contributed by atoms with van der Waals surface area (Å²) < 4.78 is 0.998. The summed E-state index contributed by atoms with van der Waals surface area (Å²) in [4.78, 5) is 16.3. The maximum absolute atomic E-state index is 11.9. The van der Waals surface area contributed by atoms with Gasteiger partial charge in [-0.05, 0) is 18.1 Å². The Morgan fingerprint density at radius 2 is 2.04 bits per heavy atom. The van der Waals surface area contributed by atoms with Gasteiger partial charge in [-0.3, -0.25) is 9.89 Å². The van der Waals surface area contributed by atoms with Crippen molar-refractivity contribution in [1.82, 2.24) is 20.5 Å². The molecule has 2 atom stereocenters. The number of halogens is 2.